The topological polar surface area (TPSA) is 60.1 Å². The number of benzene rings is 2. The number of amides is 1. The Hall–Kier alpha value is -3.15. The molecular formula is C24H28N4O2. The first-order valence-electron chi connectivity index (χ1n) is 10.5. The Morgan fingerprint density at radius 1 is 1.10 bits per heavy atom. The van der Waals surface area contributed by atoms with Crippen molar-refractivity contribution in [3.05, 3.63) is 87.6 Å². The van der Waals surface area contributed by atoms with Crippen LogP contribution in [0.25, 0.3) is 0 Å². The third-order valence-corrected chi connectivity index (χ3v) is 5.80. The van der Waals surface area contributed by atoms with E-state index < -0.39 is 0 Å². The highest BCUT2D eigenvalue weighted by molar-refractivity contribution is 5.79. The molecule has 4 rings (SSSR count). The average molecular weight is 405 g/mol. The smallest absolute Gasteiger partial charge is 0.342 e. The summed E-state index contributed by atoms with van der Waals surface area (Å²) in [4.78, 5) is 27.6. The van der Waals surface area contributed by atoms with E-state index in [0.29, 0.717) is 19.5 Å². The van der Waals surface area contributed by atoms with E-state index in [9.17, 15) is 9.59 Å². The van der Waals surface area contributed by atoms with E-state index in [4.69, 9.17) is 0 Å². The summed E-state index contributed by atoms with van der Waals surface area (Å²) in [5.74, 6) is 0.982. The minimum atomic E-state index is -0.114. The molecule has 1 aliphatic heterocycles. The number of aryl methyl sites for hydroxylation is 2. The number of piperidine rings is 1. The molecule has 1 unspecified atom stereocenters. The van der Waals surface area contributed by atoms with Crippen molar-refractivity contribution in [2.24, 2.45) is 7.05 Å². The third kappa shape index (κ3) is 4.37. The van der Waals surface area contributed by atoms with Gasteiger partial charge >= 0.3 is 5.69 Å². The van der Waals surface area contributed by atoms with E-state index in [1.165, 1.54) is 4.68 Å². The number of aromatic nitrogens is 3. The number of hydrogen-bond donors (Lipinski definition) is 0. The minimum Gasteiger partial charge on any atom is -0.342 e. The maximum atomic E-state index is 12.9. The minimum absolute atomic E-state index is 0.0674. The van der Waals surface area contributed by atoms with Gasteiger partial charge in [-0.2, -0.15) is 5.10 Å². The van der Waals surface area contributed by atoms with Crippen LogP contribution in [0.1, 0.15) is 41.3 Å². The second kappa shape index (κ2) is 8.69. The molecule has 1 atom stereocenters. The zero-order valence-corrected chi connectivity index (χ0v) is 17.6. The van der Waals surface area contributed by atoms with Crippen molar-refractivity contribution in [2.45, 2.75) is 38.6 Å². The molecule has 2 aromatic carbocycles. The van der Waals surface area contributed by atoms with Crippen LogP contribution >= 0.6 is 0 Å². The monoisotopic (exact) mass is 404 g/mol. The normalized spacial score (nSPS) is 16.6. The van der Waals surface area contributed by atoms with E-state index in [0.717, 1.165) is 41.9 Å². The molecule has 0 spiro atoms. The van der Waals surface area contributed by atoms with Gasteiger partial charge in [-0.15, -0.1) is 0 Å². The van der Waals surface area contributed by atoms with Crippen LogP contribution in [0, 0.1) is 6.92 Å². The predicted molar refractivity (Wildman–Crippen MR) is 116 cm³/mol. The Labute approximate surface area is 176 Å². The van der Waals surface area contributed by atoms with Gasteiger partial charge in [-0.1, -0.05) is 60.2 Å². The van der Waals surface area contributed by atoms with Crippen LogP contribution in [0.3, 0.4) is 0 Å². The lowest BCUT2D eigenvalue weighted by Crippen LogP contribution is -2.41. The average Bonchev–Trinajstić information content (AvgIpc) is 3.03. The summed E-state index contributed by atoms with van der Waals surface area (Å²) in [5, 5.41) is 4.55. The summed E-state index contributed by atoms with van der Waals surface area (Å²) in [7, 11) is 1.69. The van der Waals surface area contributed by atoms with Crippen molar-refractivity contribution >= 4 is 5.91 Å². The second-order valence-corrected chi connectivity index (χ2v) is 8.18. The number of hydrogen-bond acceptors (Lipinski definition) is 3. The summed E-state index contributed by atoms with van der Waals surface area (Å²) in [6.45, 7) is 3.90. The lowest BCUT2D eigenvalue weighted by Gasteiger charge is -2.32. The van der Waals surface area contributed by atoms with Gasteiger partial charge in [0.2, 0.25) is 5.91 Å². The number of carbonyl (C=O) groups excluding carboxylic acids is 1. The first-order chi connectivity index (χ1) is 14.5. The van der Waals surface area contributed by atoms with Crippen molar-refractivity contribution < 1.29 is 4.79 Å². The molecule has 0 aliphatic carbocycles. The molecule has 3 aromatic rings. The van der Waals surface area contributed by atoms with E-state index in [1.807, 2.05) is 60.4 Å². The van der Waals surface area contributed by atoms with Gasteiger partial charge < -0.3 is 4.90 Å². The summed E-state index contributed by atoms with van der Waals surface area (Å²) in [5.41, 5.74) is 3.16. The highest BCUT2D eigenvalue weighted by atomic mass is 16.2. The molecule has 6 nitrogen and oxygen atoms in total. The fraction of sp³-hybridized carbons (Fsp3) is 0.375. The maximum Gasteiger partial charge on any atom is 0.345 e. The molecule has 6 heteroatoms. The van der Waals surface area contributed by atoms with Crippen molar-refractivity contribution in [3.63, 3.8) is 0 Å². The van der Waals surface area contributed by atoms with Crippen LogP contribution in [0.15, 0.2) is 59.4 Å². The van der Waals surface area contributed by atoms with Gasteiger partial charge in [0.25, 0.3) is 0 Å². The first kappa shape index (κ1) is 20.1. The van der Waals surface area contributed by atoms with Crippen molar-refractivity contribution in [2.75, 3.05) is 13.1 Å². The lowest BCUT2D eigenvalue weighted by atomic mass is 9.96. The maximum absolute atomic E-state index is 12.9. The Bertz CT molecular complexity index is 1080. The SMILES string of the molecule is Cc1cccc(CC(=O)N2CCCC(c3nn(C)c(=O)n3Cc3ccccc3)C2)c1. The fourth-order valence-corrected chi connectivity index (χ4v) is 4.26. The number of nitrogens with zero attached hydrogens (tertiary/aromatic N) is 4. The predicted octanol–water partition coefficient (Wildman–Crippen LogP) is 2.89. The molecule has 1 aromatic heterocycles. The highest BCUT2D eigenvalue weighted by Gasteiger charge is 2.29. The van der Waals surface area contributed by atoms with Crippen LogP contribution < -0.4 is 5.69 Å². The van der Waals surface area contributed by atoms with Crippen LogP contribution in [0.4, 0.5) is 0 Å². The third-order valence-electron chi connectivity index (χ3n) is 5.80. The number of carbonyl (C=O) groups is 1. The van der Waals surface area contributed by atoms with Crippen LogP contribution in [0.5, 0.6) is 0 Å². The molecule has 156 valence electrons. The Kier molecular flexibility index (Phi) is 5.84. The molecule has 1 amide bonds. The quantitative estimate of drug-likeness (QED) is 0.657. The second-order valence-electron chi connectivity index (χ2n) is 8.18. The fourth-order valence-electron chi connectivity index (χ4n) is 4.26. The zero-order valence-electron chi connectivity index (χ0n) is 17.6. The summed E-state index contributed by atoms with van der Waals surface area (Å²) in [6.07, 6.45) is 2.26. The summed E-state index contributed by atoms with van der Waals surface area (Å²) >= 11 is 0. The Morgan fingerprint density at radius 2 is 1.87 bits per heavy atom. The zero-order chi connectivity index (χ0) is 21.1. The molecule has 2 heterocycles. The first-order valence-corrected chi connectivity index (χ1v) is 10.5. The Balaban J connectivity index is 1.52. The van der Waals surface area contributed by atoms with Gasteiger partial charge in [-0.05, 0) is 30.9 Å². The number of rotatable bonds is 5. The molecule has 0 radical (unpaired) electrons. The van der Waals surface area contributed by atoms with Gasteiger partial charge in [0.15, 0.2) is 0 Å². The molecule has 1 saturated heterocycles. The number of likely N-dealkylation sites (tertiary alicyclic amines) is 1. The van der Waals surface area contributed by atoms with Gasteiger partial charge in [0.05, 0.1) is 13.0 Å². The largest absolute Gasteiger partial charge is 0.345 e. The molecule has 1 fully saturated rings. The van der Waals surface area contributed by atoms with Crippen molar-refractivity contribution in [1.29, 1.82) is 0 Å². The van der Waals surface area contributed by atoms with Gasteiger partial charge in [0.1, 0.15) is 5.82 Å². The molecule has 0 bridgehead atoms. The molecule has 0 N–H and O–H groups in total. The van der Waals surface area contributed by atoms with Gasteiger partial charge in [0, 0.05) is 26.1 Å². The standard InChI is InChI=1S/C24H28N4O2/c1-18-8-6-11-20(14-18)15-22(29)27-13-7-12-21(17-27)23-25-26(2)24(30)28(23)16-19-9-4-3-5-10-19/h3-6,8-11,14,21H,7,12-13,15-17H2,1-2H3. The van der Waals surface area contributed by atoms with Crippen LogP contribution in [0.2, 0.25) is 0 Å². The molecule has 30 heavy (non-hydrogen) atoms. The molecular weight excluding hydrogens is 376 g/mol. The van der Waals surface area contributed by atoms with Gasteiger partial charge in [-0.25, -0.2) is 9.48 Å². The summed E-state index contributed by atoms with van der Waals surface area (Å²) < 4.78 is 3.17. The lowest BCUT2D eigenvalue weighted by molar-refractivity contribution is -0.131. The van der Waals surface area contributed by atoms with E-state index in [2.05, 4.69) is 11.2 Å². The molecule has 0 saturated carbocycles. The van der Waals surface area contributed by atoms with Crippen molar-refractivity contribution in [3.8, 4) is 0 Å². The van der Waals surface area contributed by atoms with Crippen molar-refractivity contribution in [1.82, 2.24) is 19.2 Å². The van der Waals surface area contributed by atoms with E-state index >= 15 is 0 Å². The van der Waals surface area contributed by atoms with E-state index in [1.54, 1.807) is 11.6 Å². The molecule has 1 aliphatic rings. The van der Waals surface area contributed by atoms with E-state index in [-0.39, 0.29) is 17.5 Å². The Morgan fingerprint density at radius 3 is 2.63 bits per heavy atom. The summed E-state index contributed by atoms with van der Waals surface area (Å²) in [6, 6.07) is 18.0. The van der Waals surface area contributed by atoms with Gasteiger partial charge in [-0.3, -0.25) is 9.36 Å². The van der Waals surface area contributed by atoms with Crippen LogP contribution in [-0.2, 0) is 24.8 Å². The van der Waals surface area contributed by atoms with Crippen LogP contribution in [-0.4, -0.2) is 38.2 Å². The highest BCUT2D eigenvalue weighted by Crippen LogP contribution is 2.26.